The fourth-order valence-electron chi connectivity index (χ4n) is 2.08. The second-order valence-corrected chi connectivity index (χ2v) is 7.10. The maximum absolute atomic E-state index is 11.4. The minimum absolute atomic E-state index is 0.259. The van der Waals surface area contributed by atoms with Crippen molar-refractivity contribution in [3.05, 3.63) is 59.1 Å². The summed E-state index contributed by atoms with van der Waals surface area (Å²) in [7, 11) is 0. The zero-order valence-corrected chi connectivity index (χ0v) is 13.5. The smallest absolute Gasteiger partial charge is 0.321 e. The molecule has 0 aliphatic rings. The first kappa shape index (κ1) is 15.9. The van der Waals surface area contributed by atoms with Crippen LogP contribution in [-0.4, -0.2) is 16.3 Å². The van der Waals surface area contributed by atoms with E-state index in [1.165, 1.54) is 11.8 Å². The van der Waals surface area contributed by atoms with Crippen LogP contribution in [-0.2, 0) is 4.79 Å². The Morgan fingerprint density at radius 3 is 2.24 bits per heavy atom. The van der Waals surface area contributed by atoms with E-state index in [0.717, 1.165) is 16.7 Å². The number of benzene rings is 2. The number of aliphatic carboxylic acids is 1. The zero-order chi connectivity index (χ0) is 15.4. The lowest BCUT2D eigenvalue weighted by Gasteiger charge is -2.15. The molecule has 0 spiro atoms. The molecule has 4 heteroatoms. The Hall–Kier alpha value is -1.45. The van der Waals surface area contributed by atoms with Crippen LogP contribution in [0.4, 0.5) is 0 Å². The van der Waals surface area contributed by atoms with Gasteiger partial charge in [-0.15, -0.1) is 11.8 Å². The van der Waals surface area contributed by atoms with Crippen molar-refractivity contribution in [3.8, 4) is 11.1 Å². The normalized spacial score (nSPS) is 12.4. The van der Waals surface area contributed by atoms with Crippen LogP contribution in [0.3, 0.4) is 0 Å². The summed E-state index contributed by atoms with van der Waals surface area (Å²) >= 11 is 7.62. The van der Waals surface area contributed by atoms with Gasteiger partial charge in [-0.25, -0.2) is 0 Å². The predicted octanol–water partition coefficient (Wildman–Crippen LogP) is 5.27. The zero-order valence-electron chi connectivity index (χ0n) is 11.9. The molecule has 0 bridgehead atoms. The van der Waals surface area contributed by atoms with Crippen LogP contribution < -0.4 is 0 Å². The fourth-order valence-corrected chi connectivity index (χ4v) is 3.30. The molecule has 1 unspecified atom stereocenters. The lowest BCUT2D eigenvalue weighted by Crippen LogP contribution is -2.10. The highest BCUT2D eigenvalue weighted by Gasteiger charge is 2.21. The standard InChI is InChI=1S/C17H17ClO2S/c1-11(2)21-16(17(19)20)13-9-7-12(8-10-13)14-5-3-4-6-15(14)18/h3-11,16H,1-2H3,(H,19,20). The van der Waals surface area contributed by atoms with Gasteiger partial charge >= 0.3 is 5.97 Å². The van der Waals surface area contributed by atoms with Gasteiger partial charge in [0.25, 0.3) is 0 Å². The Morgan fingerprint density at radius 2 is 1.71 bits per heavy atom. The van der Waals surface area contributed by atoms with Gasteiger partial charge in [-0.2, -0.15) is 0 Å². The van der Waals surface area contributed by atoms with Crippen molar-refractivity contribution in [2.75, 3.05) is 0 Å². The molecule has 2 aromatic carbocycles. The van der Waals surface area contributed by atoms with Crippen molar-refractivity contribution in [3.63, 3.8) is 0 Å². The molecule has 0 amide bonds. The first-order valence-corrected chi connectivity index (χ1v) is 8.04. The number of halogens is 1. The van der Waals surface area contributed by atoms with E-state index >= 15 is 0 Å². The third-order valence-electron chi connectivity index (χ3n) is 3.03. The summed E-state index contributed by atoms with van der Waals surface area (Å²) in [5, 5.41) is 9.78. The van der Waals surface area contributed by atoms with Crippen molar-refractivity contribution < 1.29 is 9.90 Å². The molecule has 2 nitrogen and oxygen atoms in total. The van der Waals surface area contributed by atoms with Crippen LogP contribution in [0.2, 0.25) is 5.02 Å². The molecule has 0 saturated heterocycles. The molecule has 0 fully saturated rings. The number of thioether (sulfide) groups is 1. The minimum Gasteiger partial charge on any atom is -0.480 e. The molecule has 0 radical (unpaired) electrons. The largest absolute Gasteiger partial charge is 0.480 e. The van der Waals surface area contributed by atoms with Crippen molar-refractivity contribution in [2.24, 2.45) is 0 Å². The Bertz CT molecular complexity index is 623. The Labute approximate surface area is 134 Å². The minimum atomic E-state index is -0.806. The SMILES string of the molecule is CC(C)SC(C(=O)O)c1ccc(-c2ccccc2Cl)cc1. The third-order valence-corrected chi connectivity index (χ3v) is 4.65. The monoisotopic (exact) mass is 320 g/mol. The van der Waals surface area contributed by atoms with Gasteiger partial charge in [0.2, 0.25) is 0 Å². The highest BCUT2D eigenvalue weighted by atomic mass is 35.5. The van der Waals surface area contributed by atoms with Crippen LogP contribution in [0.25, 0.3) is 11.1 Å². The van der Waals surface area contributed by atoms with E-state index in [2.05, 4.69) is 0 Å². The van der Waals surface area contributed by atoms with Gasteiger partial charge in [-0.3, -0.25) is 4.79 Å². The third kappa shape index (κ3) is 4.02. The van der Waals surface area contributed by atoms with Crippen LogP contribution >= 0.6 is 23.4 Å². The number of carbonyl (C=O) groups is 1. The average molecular weight is 321 g/mol. The molecule has 0 heterocycles. The summed E-state index contributed by atoms with van der Waals surface area (Å²) < 4.78 is 0. The molecule has 0 aromatic heterocycles. The van der Waals surface area contributed by atoms with Gasteiger partial charge in [0.1, 0.15) is 5.25 Å². The highest BCUT2D eigenvalue weighted by Crippen LogP contribution is 2.34. The van der Waals surface area contributed by atoms with Gasteiger partial charge < -0.3 is 5.11 Å². The van der Waals surface area contributed by atoms with Gasteiger partial charge in [-0.05, 0) is 17.2 Å². The van der Waals surface area contributed by atoms with E-state index in [9.17, 15) is 9.90 Å². The van der Waals surface area contributed by atoms with Gasteiger partial charge in [-0.1, -0.05) is 67.9 Å². The fraction of sp³-hybridized carbons (Fsp3) is 0.235. The van der Waals surface area contributed by atoms with Crippen LogP contribution in [0.15, 0.2) is 48.5 Å². The van der Waals surface area contributed by atoms with E-state index < -0.39 is 11.2 Å². The second-order valence-electron chi connectivity index (χ2n) is 5.00. The quantitative estimate of drug-likeness (QED) is 0.815. The number of rotatable bonds is 5. The summed E-state index contributed by atoms with van der Waals surface area (Å²) in [5.41, 5.74) is 2.74. The molecule has 2 rings (SSSR count). The maximum atomic E-state index is 11.4. The Kier molecular flexibility index (Phi) is 5.32. The molecule has 0 saturated carbocycles. The van der Waals surface area contributed by atoms with Gasteiger partial charge in [0.05, 0.1) is 0 Å². The van der Waals surface area contributed by atoms with Crippen LogP contribution in [0.1, 0.15) is 24.7 Å². The molecule has 21 heavy (non-hydrogen) atoms. The number of hydrogen-bond donors (Lipinski definition) is 1. The van der Waals surface area contributed by atoms with E-state index in [1.807, 2.05) is 62.4 Å². The number of carboxylic acids is 1. The molecule has 1 atom stereocenters. The molecule has 0 aliphatic heterocycles. The molecule has 2 aromatic rings. The maximum Gasteiger partial charge on any atom is 0.321 e. The second kappa shape index (κ2) is 7.01. The lowest BCUT2D eigenvalue weighted by atomic mass is 10.0. The van der Waals surface area contributed by atoms with Gasteiger partial charge in [0.15, 0.2) is 0 Å². The van der Waals surface area contributed by atoms with E-state index in [1.54, 1.807) is 0 Å². The van der Waals surface area contributed by atoms with Crippen molar-refractivity contribution in [1.29, 1.82) is 0 Å². The van der Waals surface area contributed by atoms with Crippen LogP contribution in [0, 0.1) is 0 Å². The number of hydrogen-bond acceptors (Lipinski definition) is 2. The topological polar surface area (TPSA) is 37.3 Å². The highest BCUT2D eigenvalue weighted by molar-refractivity contribution is 8.00. The molecular formula is C17H17ClO2S. The molecule has 1 N–H and O–H groups in total. The molecular weight excluding hydrogens is 304 g/mol. The summed E-state index contributed by atoms with van der Waals surface area (Å²) in [6, 6.07) is 15.2. The average Bonchev–Trinajstić information content (AvgIpc) is 2.45. The van der Waals surface area contributed by atoms with E-state index in [-0.39, 0.29) is 5.25 Å². The summed E-state index contributed by atoms with van der Waals surface area (Å²) in [4.78, 5) is 11.4. The lowest BCUT2D eigenvalue weighted by molar-refractivity contribution is -0.136. The van der Waals surface area contributed by atoms with Crippen molar-refractivity contribution >= 4 is 29.3 Å². The first-order valence-electron chi connectivity index (χ1n) is 6.72. The van der Waals surface area contributed by atoms with E-state index in [4.69, 9.17) is 11.6 Å². The van der Waals surface area contributed by atoms with Crippen molar-refractivity contribution in [1.82, 2.24) is 0 Å². The Balaban J connectivity index is 2.30. The molecule has 0 aliphatic carbocycles. The summed E-state index contributed by atoms with van der Waals surface area (Å²) in [6.45, 7) is 4.00. The summed E-state index contributed by atoms with van der Waals surface area (Å²) in [6.07, 6.45) is 0. The van der Waals surface area contributed by atoms with E-state index in [0.29, 0.717) is 5.02 Å². The van der Waals surface area contributed by atoms with Crippen molar-refractivity contribution in [2.45, 2.75) is 24.3 Å². The predicted molar refractivity (Wildman–Crippen MR) is 90.0 cm³/mol. The Morgan fingerprint density at radius 1 is 1.10 bits per heavy atom. The number of carboxylic acid groups (broad SMARTS) is 1. The van der Waals surface area contributed by atoms with Crippen LogP contribution in [0.5, 0.6) is 0 Å². The first-order chi connectivity index (χ1) is 9.99. The molecule has 110 valence electrons. The summed E-state index contributed by atoms with van der Waals surface area (Å²) in [5.74, 6) is -0.806. The van der Waals surface area contributed by atoms with Gasteiger partial charge in [0, 0.05) is 15.8 Å².